The molecule has 6 nitrogen and oxygen atoms in total. The average Bonchev–Trinajstić information content (AvgIpc) is 3.16. The molecule has 6 heteroatoms. The van der Waals surface area contributed by atoms with Gasteiger partial charge in [-0.1, -0.05) is 24.4 Å². The molecule has 1 aliphatic carbocycles. The largest absolute Gasteiger partial charge is 0.360 e. The lowest BCUT2D eigenvalue weighted by atomic mass is 9.88. The summed E-state index contributed by atoms with van der Waals surface area (Å²) >= 11 is 0. The number of carbonyl (C=O) groups excluding carboxylic acids is 2. The zero-order valence-electron chi connectivity index (χ0n) is 13.0. The van der Waals surface area contributed by atoms with E-state index in [4.69, 9.17) is 4.52 Å². The molecule has 2 heterocycles. The van der Waals surface area contributed by atoms with Crippen LogP contribution < -0.4 is 5.32 Å². The summed E-state index contributed by atoms with van der Waals surface area (Å²) in [7, 11) is 0. The van der Waals surface area contributed by atoms with Crippen molar-refractivity contribution < 1.29 is 14.1 Å². The highest BCUT2D eigenvalue weighted by Crippen LogP contribution is 2.29. The third-order valence-corrected chi connectivity index (χ3v) is 4.67. The first-order chi connectivity index (χ1) is 10.6. The van der Waals surface area contributed by atoms with Gasteiger partial charge < -0.3 is 14.7 Å². The molecule has 1 N–H and O–H groups in total. The van der Waals surface area contributed by atoms with E-state index in [1.165, 1.54) is 6.42 Å². The number of carbonyl (C=O) groups is 2. The Morgan fingerprint density at radius 2 is 2.00 bits per heavy atom. The average molecular weight is 305 g/mol. The van der Waals surface area contributed by atoms with E-state index in [2.05, 4.69) is 10.5 Å². The van der Waals surface area contributed by atoms with E-state index >= 15 is 0 Å². The number of anilines is 1. The highest BCUT2D eigenvalue weighted by molar-refractivity contribution is 5.97. The van der Waals surface area contributed by atoms with Crippen LogP contribution in [0.2, 0.25) is 0 Å². The van der Waals surface area contributed by atoms with Crippen LogP contribution in [0.4, 0.5) is 5.82 Å². The summed E-state index contributed by atoms with van der Waals surface area (Å²) in [5.41, 5.74) is 0. The van der Waals surface area contributed by atoms with E-state index in [-0.39, 0.29) is 23.8 Å². The number of hydrogen-bond acceptors (Lipinski definition) is 4. The van der Waals surface area contributed by atoms with E-state index in [9.17, 15) is 9.59 Å². The maximum Gasteiger partial charge on any atom is 0.248 e. The minimum atomic E-state index is -0.369. The van der Waals surface area contributed by atoms with Crippen molar-refractivity contribution in [1.29, 1.82) is 0 Å². The highest BCUT2D eigenvalue weighted by Gasteiger charge is 2.37. The second-order valence-corrected chi connectivity index (χ2v) is 6.34. The van der Waals surface area contributed by atoms with Gasteiger partial charge in [0.05, 0.1) is 0 Å². The maximum absolute atomic E-state index is 12.7. The monoisotopic (exact) mass is 305 g/mol. The lowest BCUT2D eigenvalue weighted by Gasteiger charge is -2.29. The molecule has 3 rings (SSSR count). The minimum Gasteiger partial charge on any atom is -0.360 e. The van der Waals surface area contributed by atoms with E-state index in [1.54, 1.807) is 17.9 Å². The van der Waals surface area contributed by atoms with Crippen LogP contribution in [0.1, 0.15) is 50.7 Å². The Morgan fingerprint density at radius 1 is 1.23 bits per heavy atom. The number of rotatable bonds is 3. The third-order valence-electron chi connectivity index (χ3n) is 4.67. The fourth-order valence-electron chi connectivity index (χ4n) is 3.52. The van der Waals surface area contributed by atoms with Crippen LogP contribution in [0.3, 0.4) is 0 Å². The molecule has 0 unspecified atom stereocenters. The van der Waals surface area contributed by atoms with Gasteiger partial charge in [-0.05, 0) is 32.6 Å². The normalized spacial score (nSPS) is 22.8. The molecule has 1 saturated carbocycles. The fourth-order valence-corrected chi connectivity index (χ4v) is 3.52. The number of amides is 2. The molecule has 1 saturated heterocycles. The molecule has 0 spiro atoms. The van der Waals surface area contributed by atoms with Gasteiger partial charge in [-0.3, -0.25) is 9.59 Å². The third kappa shape index (κ3) is 3.15. The second kappa shape index (κ2) is 6.50. The number of nitrogens with zero attached hydrogens (tertiary/aromatic N) is 2. The molecular weight excluding hydrogens is 282 g/mol. The van der Waals surface area contributed by atoms with Gasteiger partial charge in [0.1, 0.15) is 11.8 Å². The Balaban J connectivity index is 1.64. The molecule has 2 fully saturated rings. The molecule has 0 bridgehead atoms. The molecular formula is C16H23N3O3. The Morgan fingerprint density at radius 3 is 2.68 bits per heavy atom. The molecule has 0 radical (unpaired) electrons. The predicted molar refractivity (Wildman–Crippen MR) is 81.2 cm³/mol. The van der Waals surface area contributed by atoms with Crippen molar-refractivity contribution >= 4 is 17.6 Å². The SMILES string of the molecule is Cc1cc(NC(=O)[C@@H]2CCCN2C(=O)C2CCCCC2)no1. The van der Waals surface area contributed by atoms with Gasteiger partial charge in [-0.25, -0.2) is 0 Å². The Bertz CT molecular complexity index is 549. The van der Waals surface area contributed by atoms with Gasteiger partial charge >= 0.3 is 0 Å². The Hall–Kier alpha value is -1.85. The first-order valence-electron chi connectivity index (χ1n) is 8.20. The zero-order valence-corrected chi connectivity index (χ0v) is 13.0. The first kappa shape index (κ1) is 15.1. The van der Waals surface area contributed by atoms with Crippen LogP contribution in [-0.2, 0) is 9.59 Å². The Labute approximate surface area is 130 Å². The number of likely N-dealkylation sites (tertiary alicyclic amines) is 1. The summed E-state index contributed by atoms with van der Waals surface area (Å²) in [6.45, 7) is 2.46. The fraction of sp³-hybridized carbons (Fsp3) is 0.688. The summed E-state index contributed by atoms with van der Waals surface area (Å²) in [4.78, 5) is 26.9. The van der Waals surface area contributed by atoms with Crippen molar-refractivity contribution in [3.05, 3.63) is 11.8 Å². The maximum atomic E-state index is 12.7. The van der Waals surface area contributed by atoms with Crippen molar-refractivity contribution in [1.82, 2.24) is 10.1 Å². The van der Waals surface area contributed by atoms with Crippen molar-refractivity contribution in [2.75, 3.05) is 11.9 Å². The number of aryl methyl sites for hydroxylation is 1. The number of nitrogens with one attached hydrogen (secondary N) is 1. The van der Waals surface area contributed by atoms with E-state index in [0.717, 1.165) is 38.5 Å². The second-order valence-electron chi connectivity index (χ2n) is 6.34. The summed E-state index contributed by atoms with van der Waals surface area (Å²) < 4.78 is 4.95. The van der Waals surface area contributed by atoms with Crippen LogP contribution in [-0.4, -0.2) is 34.5 Å². The highest BCUT2D eigenvalue weighted by atomic mass is 16.5. The lowest BCUT2D eigenvalue weighted by Crippen LogP contribution is -2.46. The summed E-state index contributed by atoms with van der Waals surface area (Å²) in [5, 5.41) is 6.53. The van der Waals surface area contributed by atoms with Gasteiger partial charge in [0, 0.05) is 18.5 Å². The molecule has 2 amide bonds. The van der Waals surface area contributed by atoms with Crippen LogP contribution in [0.25, 0.3) is 0 Å². The van der Waals surface area contributed by atoms with Gasteiger partial charge in [0.25, 0.3) is 0 Å². The minimum absolute atomic E-state index is 0.108. The van der Waals surface area contributed by atoms with Crippen molar-refractivity contribution in [3.8, 4) is 0 Å². The molecule has 1 aromatic rings. The standard InChI is InChI=1S/C16H23N3O3/c1-11-10-14(18-22-11)17-15(20)13-8-5-9-19(13)16(21)12-6-3-2-4-7-12/h10,12-13H,2-9H2,1H3,(H,17,18,20)/t13-/m0/s1. The lowest BCUT2D eigenvalue weighted by molar-refractivity contribution is -0.141. The summed E-state index contributed by atoms with van der Waals surface area (Å²) in [6, 6.07) is 1.31. The predicted octanol–water partition coefficient (Wildman–Crippen LogP) is 2.49. The molecule has 1 atom stereocenters. The topological polar surface area (TPSA) is 75.4 Å². The van der Waals surface area contributed by atoms with Crippen LogP contribution >= 0.6 is 0 Å². The van der Waals surface area contributed by atoms with E-state index < -0.39 is 0 Å². The van der Waals surface area contributed by atoms with Crippen molar-refractivity contribution in [2.45, 2.75) is 57.9 Å². The van der Waals surface area contributed by atoms with Crippen LogP contribution in [0.15, 0.2) is 10.6 Å². The molecule has 22 heavy (non-hydrogen) atoms. The van der Waals surface area contributed by atoms with Gasteiger partial charge in [-0.15, -0.1) is 0 Å². The zero-order chi connectivity index (χ0) is 15.5. The first-order valence-corrected chi connectivity index (χ1v) is 8.20. The van der Waals surface area contributed by atoms with Gasteiger partial charge in [0.2, 0.25) is 11.8 Å². The molecule has 2 aliphatic rings. The molecule has 120 valence electrons. The van der Waals surface area contributed by atoms with E-state index in [0.29, 0.717) is 18.1 Å². The smallest absolute Gasteiger partial charge is 0.248 e. The van der Waals surface area contributed by atoms with E-state index in [1.807, 2.05) is 0 Å². The van der Waals surface area contributed by atoms with Gasteiger partial charge in [0.15, 0.2) is 5.82 Å². The number of hydrogen-bond donors (Lipinski definition) is 1. The van der Waals surface area contributed by atoms with Crippen molar-refractivity contribution in [3.63, 3.8) is 0 Å². The summed E-state index contributed by atoms with van der Waals surface area (Å²) in [6.07, 6.45) is 7.01. The van der Waals surface area contributed by atoms with Crippen LogP contribution in [0.5, 0.6) is 0 Å². The molecule has 1 aromatic heterocycles. The summed E-state index contributed by atoms with van der Waals surface area (Å²) in [5.74, 6) is 1.18. The molecule has 1 aliphatic heterocycles. The van der Waals surface area contributed by atoms with Crippen molar-refractivity contribution in [2.24, 2.45) is 5.92 Å². The number of aromatic nitrogens is 1. The Kier molecular flexibility index (Phi) is 4.45. The van der Waals surface area contributed by atoms with Gasteiger partial charge in [-0.2, -0.15) is 0 Å². The quantitative estimate of drug-likeness (QED) is 0.931. The molecule has 0 aromatic carbocycles. The van der Waals surface area contributed by atoms with Crippen LogP contribution in [0, 0.1) is 12.8 Å².